The summed E-state index contributed by atoms with van der Waals surface area (Å²) in [6.45, 7) is 4.89. The molecular formula is C12H16N2O2. The van der Waals surface area contributed by atoms with Crippen LogP contribution in [-0.2, 0) is 0 Å². The molecule has 0 saturated carbocycles. The van der Waals surface area contributed by atoms with Crippen LogP contribution in [0.15, 0.2) is 30.9 Å². The van der Waals surface area contributed by atoms with E-state index in [1.807, 2.05) is 24.3 Å². The third kappa shape index (κ3) is 2.03. The lowest BCUT2D eigenvalue weighted by Crippen LogP contribution is -2.29. The molecule has 0 spiro atoms. The van der Waals surface area contributed by atoms with Crippen molar-refractivity contribution in [2.24, 2.45) is 5.84 Å². The molecule has 0 saturated heterocycles. The molecule has 1 aromatic rings. The van der Waals surface area contributed by atoms with E-state index >= 15 is 0 Å². The molecule has 1 aliphatic heterocycles. The van der Waals surface area contributed by atoms with Gasteiger partial charge in [-0.3, -0.25) is 11.3 Å². The van der Waals surface area contributed by atoms with Gasteiger partial charge in [0.05, 0.1) is 6.04 Å². The first kappa shape index (κ1) is 11.0. The van der Waals surface area contributed by atoms with Gasteiger partial charge >= 0.3 is 0 Å². The number of nitrogens with two attached hydrogens (primary N) is 1. The monoisotopic (exact) mass is 220 g/mol. The first-order valence-corrected chi connectivity index (χ1v) is 5.32. The van der Waals surface area contributed by atoms with E-state index in [-0.39, 0.29) is 6.04 Å². The van der Waals surface area contributed by atoms with Crippen molar-refractivity contribution < 1.29 is 9.47 Å². The van der Waals surface area contributed by atoms with E-state index in [0.29, 0.717) is 13.2 Å². The average Bonchev–Trinajstić information content (AvgIpc) is 2.35. The fourth-order valence-corrected chi connectivity index (χ4v) is 1.82. The normalized spacial score (nSPS) is 15.6. The Hall–Kier alpha value is -1.52. The molecule has 1 atom stereocenters. The minimum atomic E-state index is 0.00847. The van der Waals surface area contributed by atoms with E-state index in [0.717, 1.165) is 23.5 Å². The number of para-hydroxylation sites is 1. The van der Waals surface area contributed by atoms with E-state index < -0.39 is 0 Å². The largest absolute Gasteiger partial charge is 0.486 e. The second kappa shape index (κ2) is 5.01. The van der Waals surface area contributed by atoms with Crippen LogP contribution >= 0.6 is 0 Å². The van der Waals surface area contributed by atoms with Gasteiger partial charge < -0.3 is 9.47 Å². The van der Waals surface area contributed by atoms with E-state index in [9.17, 15) is 0 Å². The second-order valence-electron chi connectivity index (χ2n) is 3.62. The van der Waals surface area contributed by atoms with Crippen LogP contribution in [0, 0.1) is 0 Å². The Morgan fingerprint density at radius 3 is 3.00 bits per heavy atom. The lowest BCUT2D eigenvalue weighted by Gasteiger charge is -2.24. The van der Waals surface area contributed by atoms with Crippen molar-refractivity contribution in [3.05, 3.63) is 36.4 Å². The Morgan fingerprint density at radius 2 is 2.25 bits per heavy atom. The second-order valence-corrected chi connectivity index (χ2v) is 3.62. The Labute approximate surface area is 95.0 Å². The van der Waals surface area contributed by atoms with Crippen LogP contribution in [0.3, 0.4) is 0 Å². The lowest BCUT2D eigenvalue weighted by atomic mass is 10.0. The maximum absolute atomic E-state index is 5.63. The minimum absolute atomic E-state index is 0.00847. The number of ether oxygens (including phenoxy) is 2. The van der Waals surface area contributed by atoms with Gasteiger partial charge in [0, 0.05) is 5.56 Å². The molecule has 86 valence electrons. The molecule has 1 aliphatic rings. The molecule has 0 bridgehead atoms. The van der Waals surface area contributed by atoms with Crippen LogP contribution < -0.4 is 20.7 Å². The number of benzene rings is 1. The summed E-state index contributed by atoms with van der Waals surface area (Å²) in [4.78, 5) is 0. The van der Waals surface area contributed by atoms with Crippen LogP contribution in [0.5, 0.6) is 11.5 Å². The highest BCUT2D eigenvalue weighted by molar-refractivity contribution is 5.49. The molecule has 16 heavy (non-hydrogen) atoms. The van der Waals surface area contributed by atoms with E-state index in [4.69, 9.17) is 15.3 Å². The van der Waals surface area contributed by atoms with Crippen LogP contribution in [0.25, 0.3) is 0 Å². The number of hydrogen-bond acceptors (Lipinski definition) is 4. The molecular weight excluding hydrogens is 204 g/mol. The number of fused-ring (bicyclic) bond motifs is 1. The molecule has 0 aromatic heterocycles. The van der Waals surface area contributed by atoms with Gasteiger partial charge in [-0.2, -0.15) is 0 Å². The van der Waals surface area contributed by atoms with Crippen molar-refractivity contribution in [1.82, 2.24) is 5.43 Å². The molecule has 0 aliphatic carbocycles. The van der Waals surface area contributed by atoms with Crippen molar-refractivity contribution in [3.63, 3.8) is 0 Å². The molecule has 0 radical (unpaired) electrons. The zero-order valence-electron chi connectivity index (χ0n) is 9.11. The average molecular weight is 220 g/mol. The molecule has 4 nitrogen and oxygen atoms in total. The third-order valence-electron chi connectivity index (χ3n) is 2.58. The summed E-state index contributed by atoms with van der Waals surface area (Å²) >= 11 is 0. The van der Waals surface area contributed by atoms with Crippen LogP contribution in [-0.4, -0.2) is 13.2 Å². The number of hydrazine groups is 1. The number of nitrogens with one attached hydrogen (secondary N) is 1. The standard InChI is InChI=1S/C12H16N2O2/c1-2-4-10(14-13)9-5-3-6-11-12(9)16-8-7-15-11/h2-3,5-6,10,14H,1,4,7-8,13H2. The van der Waals surface area contributed by atoms with Gasteiger partial charge in [0.1, 0.15) is 13.2 Å². The van der Waals surface area contributed by atoms with Gasteiger partial charge in [-0.05, 0) is 12.5 Å². The topological polar surface area (TPSA) is 56.5 Å². The van der Waals surface area contributed by atoms with Gasteiger partial charge in [-0.1, -0.05) is 18.2 Å². The molecule has 1 heterocycles. The summed E-state index contributed by atoms with van der Waals surface area (Å²) in [5.74, 6) is 7.11. The Kier molecular flexibility index (Phi) is 3.44. The summed E-state index contributed by atoms with van der Waals surface area (Å²) < 4.78 is 11.1. The van der Waals surface area contributed by atoms with E-state index in [1.165, 1.54) is 0 Å². The fraction of sp³-hybridized carbons (Fsp3) is 0.333. The smallest absolute Gasteiger partial charge is 0.166 e. The maximum atomic E-state index is 5.63. The summed E-state index contributed by atoms with van der Waals surface area (Å²) in [7, 11) is 0. The SMILES string of the molecule is C=CCC(NN)c1cccc2c1OCCO2. The van der Waals surface area contributed by atoms with E-state index in [2.05, 4.69) is 12.0 Å². The molecule has 2 rings (SSSR count). The van der Waals surface area contributed by atoms with E-state index in [1.54, 1.807) is 0 Å². The fourth-order valence-electron chi connectivity index (χ4n) is 1.82. The van der Waals surface area contributed by atoms with Gasteiger partial charge in [0.25, 0.3) is 0 Å². The Bertz CT molecular complexity index is 379. The van der Waals surface area contributed by atoms with Crippen LogP contribution in [0.1, 0.15) is 18.0 Å². The summed E-state index contributed by atoms with van der Waals surface area (Å²) in [6, 6.07) is 5.84. The molecule has 1 aromatic carbocycles. The zero-order valence-corrected chi connectivity index (χ0v) is 9.11. The number of rotatable bonds is 4. The summed E-state index contributed by atoms with van der Waals surface area (Å²) in [5.41, 5.74) is 3.78. The van der Waals surface area contributed by atoms with Gasteiger partial charge in [-0.25, -0.2) is 0 Å². The summed E-state index contributed by atoms with van der Waals surface area (Å²) in [5, 5.41) is 0. The van der Waals surface area contributed by atoms with Crippen LogP contribution in [0.2, 0.25) is 0 Å². The first-order chi connectivity index (χ1) is 7.86. The minimum Gasteiger partial charge on any atom is -0.486 e. The first-order valence-electron chi connectivity index (χ1n) is 5.32. The summed E-state index contributed by atoms with van der Waals surface area (Å²) in [6.07, 6.45) is 2.57. The molecule has 0 fully saturated rings. The van der Waals surface area contributed by atoms with Crippen molar-refractivity contribution >= 4 is 0 Å². The van der Waals surface area contributed by atoms with Crippen molar-refractivity contribution in [3.8, 4) is 11.5 Å². The van der Waals surface area contributed by atoms with Crippen molar-refractivity contribution in [2.75, 3.05) is 13.2 Å². The zero-order chi connectivity index (χ0) is 11.4. The molecule has 1 unspecified atom stereocenters. The van der Waals surface area contributed by atoms with Gasteiger partial charge in [0.2, 0.25) is 0 Å². The predicted octanol–water partition coefficient (Wildman–Crippen LogP) is 1.54. The number of hydrogen-bond donors (Lipinski definition) is 2. The predicted molar refractivity (Wildman–Crippen MR) is 62.3 cm³/mol. The molecule has 4 heteroatoms. The highest BCUT2D eigenvalue weighted by Gasteiger charge is 2.20. The van der Waals surface area contributed by atoms with Gasteiger partial charge in [0.15, 0.2) is 11.5 Å². The Morgan fingerprint density at radius 1 is 1.44 bits per heavy atom. The highest BCUT2D eigenvalue weighted by atomic mass is 16.6. The third-order valence-corrected chi connectivity index (χ3v) is 2.58. The van der Waals surface area contributed by atoms with Crippen molar-refractivity contribution in [1.29, 1.82) is 0 Å². The van der Waals surface area contributed by atoms with Crippen molar-refractivity contribution in [2.45, 2.75) is 12.5 Å². The lowest BCUT2D eigenvalue weighted by molar-refractivity contribution is 0.168. The highest BCUT2D eigenvalue weighted by Crippen LogP contribution is 2.37. The Balaban J connectivity index is 2.35. The molecule has 0 amide bonds. The molecule has 3 N–H and O–H groups in total. The quantitative estimate of drug-likeness (QED) is 0.459. The van der Waals surface area contributed by atoms with Crippen LogP contribution in [0.4, 0.5) is 0 Å². The maximum Gasteiger partial charge on any atom is 0.166 e. The van der Waals surface area contributed by atoms with Gasteiger partial charge in [-0.15, -0.1) is 6.58 Å².